The summed E-state index contributed by atoms with van der Waals surface area (Å²) in [5.74, 6) is 0.728. The maximum atomic E-state index is 13.7. The number of nitrogens with one attached hydrogen (secondary N) is 1. The quantitative estimate of drug-likeness (QED) is 0.853. The highest BCUT2D eigenvalue weighted by Crippen LogP contribution is 2.26. The van der Waals surface area contributed by atoms with Gasteiger partial charge in [0.25, 0.3) is 0 Å². The maximum absolute atomic E-state index is 13.7. The first kappa shape index (κ1) is 14.0. The van der Waals surface area contributed by atoms with Crippen molar-refractivity contribution >= 4 is 15.9 Å². The molecule has 1 fully saturated rings. The monoisotopic (exact) mass is 313 g/mol. The Morgan fingerprint density at radius 2 is 2.22 bits per heavy atom. The average Bonchev–Trinajstić information content (AvgIpc) is 2.38. The molecule has 1 aromatic carbocycles. The summed E-state index contributed by atoms with van der Waals surface area (Å²) in [5.41, 5.74) is 0.761. The van der Waals surface area contributed by atoms with E-state index in [1.165, 1.54) is 38.2 Å². The van der Waals surface area contributed by atoms with E-state index in [1.54, 1.807) is 0 Å². The van der Waals surface area contributed by atoms with Crippen molar-refractivity contribution in [2.45, 2.75) is 51.6 Å². The van der Waals surface area contributed by atoms with Crippen molar-refractivity contribution in [2.24, 2.45) is 5.92 Å². The van der Waals surface area contributed by atoms with Crippen LogP contribution in [0.25, 0.3) is 0 Å². The topological polar surface area (TPSA) is 12.0 Å². The standard InChI is InChI=1S/C15H21BrFN/c1-2-11-4-3-5-14(8-11)18-10-12-6-7-13(16)9-15(12)17/h6-7,9,11,14,18H,2-5,8,10H2,1H3. The van der Waals surface area contributed by atoms with E-state index in [0.29, 0.717) is 12.6 Å². The molecule has 0 radical (unpaired) electrons. The van der Waals surface area contributed by atoms with Gasteiger partial charge in [0, 0.05) is 22.6 Å². The third kappa shape index (κ3) is 3.79. The van der Waals surface area contributed by atoms with Gasteiger partial charge in [0.2, 0.25) is 0 Å². The molecule has 2 unspecified atom stereocenters. The van der Waals surface area contributed by atoms with Gasteiger partial charge in [0.05, 0.1) is 0 Å². The first-order chi connectivity index (χ1) is 8.69. The largest absolute Gasteiger partial charge is 0.310 e. The molecule has 100 valence electrons. The Hall–Kier alpha value is -0.410. The van der Waals surface area contributed by atoms with Crippen LogP contribution in [0, 0.1) is 11.7 Å². The highest BCUT2D eigenvalue weighted by molar-refractivity contribution is 9.10. The summed E-state index contributed by atoms with van der Waals surface area (Å²) in [6, 6.07) is 5.85. The van der Waals surface area contributed by atoms with E-state index < -0.39 is 0 Å². The fourth-order valence-electron chi connectivity index (χ4n) is 2.77. The molecule has 2 rings (SSSR count). The third-order valence-corrected chi connectivity index (χ3v) is 4.45. The molecule has 1 aromatic rings. The Morgan fingerprint density at radius 1 is 1.39 bits per heavy atom. The van der Waals surface area contributed by atoms with Gasteiger partial charge in [-0.3, -0.25) is 0 Å². The number of halogens is 2. The zero-order chi connectivity index (χ0) is 13.0. The molecule has 1 aliphatic carbocycles. The molecule has 0 amide bonds. The second kappa shape index (κ2) is 6.67. The van der Waals surface area contributed by atoms with Crippen LogP contribution in [0.2, 0.25) is 0 Å². The molecule has 2 atom stereocenters. The Morgan fingerprint density at radius 3 is 2.94 bits per heavy atom. The minimum absolute atomic E-state index is 0.125. The van der Waals surface area contributed by atoms with E-state index in [2.05, 4.69) is 28.2 Å². The zero-order valence-corrected chi connectivity index (χ0v) is 12.5. The van der Waals surface area contributed by atoms with E-state index >= 15 is 0 Å². The first-order valence-corrected chi connectivity index (χ1v) is 7.65. The lowest BCUT2D eigenvalue weighted by molar-refractivity contribution is 0.277. The average molecular weight is 314 g/mol. The highest BCUT2D eigenvalue weighted by atomic mass is 79.9. The maximum Gasteiger partial charge on any atom is 0.128 e. The Bertz CT molecular complexity index is 394. The molecular formula is C15H21BrFN. The van der Waals surface area contributed by atoms with Crippen LogP contribution in [0.1, 0.15) is 44.6 Å². The third-order valence-electron chi connectivity index (χ3n) is 3.96. The van der Waals surface area contributed by atoms with Crippen LogP contribution in [0.3, 0.4) is 0 Å². The number of benzene rings is 1. The van der Waals surface area contributed by atoms with Gasteiger partial charge in [-0.25, -0.2) is 4.39 Å². The molecule has 1 aliphatic rings. The summed E-state index contributed by atoms with van der Waals surface area (Å²) in [7, 11) is 0. The van der Waals surface area contributed by atoms with Crippen molar-refractivity contribution in [3.8, 4) is 0 Å². The molecule has 0 aliphatic heterocycles. The first-order valence-electron chi connectivity index (χ1n) is 6.86. The minimum atomic E-state index is -0.125. The molecule has 0 heterocycles. The van der Waals surface area contributed by atoms with Gasteiger partial charge in [-0.2, -0.15) is 0 Å². The lowest BCUT2D eigenvalue weighted by Gasteiger charge is -2.29. The molecule has 0 aromatic heterocycles. The SMILES string of the molecule is CCC1CCCC(NCc2ccc(Br)cc2F)C1. The van der Waals surface area contributed by atoms with E-state index in [1.807, 2.05) is 12.1 Å². The molecule has 1 nitrogen and oxygen atoms in total. The number of rotatable bonds is 4. The Labute approximate surface area is 117 Å². The summed E-state index contributed by atoms with van der Waals surface area (Å²) >= 11 is 3.28. The molecule has 18 heavy (non-hydrogen) atoms. The van der Waals surface area contributed by atoms with E-state index in [4.69, 9.17) is 0 Å². The summed E-state index contributed by atoms with van der Waals surface area (Å²) < 4.78 is 14.5. The predicted octanol–water partition coefficient (Wildman–Crippen LogP) is 4.65. The van der Waals surface area contributed by atoms with E-state index in [9.17, 15) is 4.39 Å². The van der Waals surface area contributed by atoms with E-state index in [-0.39, 0.29) is 5.82 Å². The van der Waals surface area contributed by atoms with E-state index in [0.717, 1.165) is 16.0 Å². The number of hydrogen-bond acceptors (Lipinski definition) is 1. The number of hydrogen-bond donors (Lipinski definition) is 1. The van der Waals surface area contributed by atoms with Crippen LogP contribution >= 0.6 is 15.9 Å². The fraction of sp³-hybridized carbons (Fsp3) is 0.600. The van der Waals surface area contributed by atoms with Crippen molar-refractivity contribution in [3.63, 3.8) is 0 Å². The smallest absolute Gasteiger partial charge is 0.128 e. The molecule has 1 N–H and O–H groups in total. The predicted molar refractivity (Wildman–Crippen MR) is 77.0 cm³/mol. The normalized spacial score (nSPS) is 24.2. The molecular weight excluding hydrogens is 293 g/mol. The molecule has 0 bridgehead atoms. The Balaban J connectivity index is 1.87. The van der Waals surface area contributed by atoms with Gasteiger partial charge < -0.3 is 5.32 Å². The van der Waals surface area contributed by atoms with Gasteiger partial charge >= 0.3 is 0 Å². The lowest BCUT2D eigenvalue weighted by atomic mass is 9.84. The van der Waals surface area contributed by atoms with Crippen LogP contribution in [0.15, 0.2) is 22.7 Å². The molecule has 0 saturated heterocycles. The van der Waals surface area contributed by atoms with Gasteiger partial charge in [-0.15, -0.1) is 0 Å². The highest BCUT2D eigenvalue weighted by Gasteiger charge is 2.20. The summed E-state index contributed by atoms with van der Waals surface area (Å²) in [4.78, 5) is 0. The summed E-state index contributed by atoms with van der Waals surface area (Å²) in [5, 5.41) is 3.51. The van der Waals surface area contributed by atoms with Crippen molar-refractivity contribution < 1.29 is 4.39 Å². The minimum Gasteiger partial charge on any atom is -0.310 e. The van der Waals surface area contributed by atoms with Crippen LogP contribution in [0.5, 0.6) is 0 Å². The summed E-state index contributed by atoms with van der Waals surface area (Å²) in [6.45, 7) is 2.90. The molecule has 0 spiro atoms. The molecule has 1 saturated carbocycles. The van der Waals surface area contributed by atoms with Crippen molar-refractivity contribution in [1.82, 2.24) is 5.32 Å². The van der Waals surface area contributed by atoms with Crippen LogP contribution in [-0.4, -0.2) is 6.04 Å². The van der Waals surface area contributed by atoms with Crippen LogP contribution in [-0.2, 0) is 6.54 Å². The van der Waals surface area contributed by atoms with Crippen molar-refractivity contribution in [3.05, 3.63) is 34.1 Å². The zero-order valence-electron chi connectivity index (χ0n) is 10.9. The fourth-order valence-corrected chi connectivity index (χ4v) is 3.10. The van der Waals surface area contributed by atoms with Gasteiger partial charge in [0.1, 0.15) is 5.82 Å². The van der Waals surface area contributed by atoms with Crippen molar-refractivity contribution in [2.75, 3.05) is 0 Å². The van der Waals surface area contributed by atoms with Crippen molar-refractivity contribution in [1.29, 1.82) is 0 Å². The Kier molecular flexibility index (Phi) is 5.19. The molecule has 3 heteroatoms. The van der Waals surface area contributed by atoms with Gasteiger partial charge in [-0.1, -0.05) is 48.2 Å². The second-order valence-electron chi connectivity index (χ2n) is 5.25. The second-order valence-corrected chi connectivity index (χ2v) is 6.17. The van der Waals surface area contributed by atoms with Crippen LogP contribution < -0.4 is 5.32 Å². The van der Waals surface area contributed by atoms with Gasteiger partial charge in [-0.05, 0) is 30.9 Å². The van der Waals surface area contributed by atoms with Gasteiger partial charge in [0.15, 0.2) is 0 Å². The summed E-state index contributed by atoms with van der Waals surface area (Å²) in [6.07, 6.45) is 6.41. The lowest BCUT2D eigenvalue weighted by Crippen LogP contribution is -2.33. The van der Waals surface area contributed by atoms with Crippen LogP contribution in [0.4, 0.5) is 4.39 Å².